The molecule has 1 heterocycles. The van der Waals surface area contributed by atoms with Crippen LogP contribution < -0.4 is 0 Å². The number of nitrogens with zero attached hydrogens (tertiary/aromatic N) is 1. The van der Waals surface area contributed by atoms with Crippen molar-refractivity contribution in [3.8, 4) is 0 Å². The van der Waals surface area contributed by atoms with Gasteiger partial charge in [-0.3, -0.25) is 9.69 Å². The van der Waals surface area contributed by atoms with Crippen LogP contribution in [0.2, 0.25) is 0 Å². The Labute approximate surface area is 78.5 Å². The lowest BCUT2D eigenvalue weighted by Gasteiger charge is -2.39. The fraction of sp³-hybridized carbons (Fsp3) is 0.889. The number of hydrogen-bond acceptors (Lipinski definition) is 3. The maximum atomic E-state index is 10.4. The molecule has 76 valence electrons. The topological polar surface area (TPSA) is 49.8 Å². The summed E-state index contributed by atoms with van der Waals surface area (Å²) in [6.45, 7) is 6.29. The third-order valence-electron chi connectivity index (χ3n) is 2.34. The van der Waals surface area contributed by atoms with E-state index in [-0.39, 0.29) is 6.42 Å². The van der Waals surface area contributed by atoms with Gasteiger partial charge in [-0.25, -0.2) is 0 Å². The first-order valence-corrected chi connectivity index (χ1v) is 4.66. The maximum absolute atomic E-state index is 10.4. The molecule has 0 unspecified atom stereocenters. The first-order valence-electron chi connectivity index (χ1n) is 4.66. The highest BCUT2D eigenvalue weighted by atomic mass is 16.5. The first kappa shape index (κ1) is 10.5. The molecule has 1 aliphatic heterocycles. The van der Waals surface area contributed by atoms with Crippen molar-refractivity contribution >= 4 is 5.97 Å². The van der Waals surface area contributed by atoms with Gasteiger partial charge in [0.1, 0.15) is 0 Å². The van der Waals surface area contributed by atoms with Gasteiger partial charge in [0.15, 0.2) is 0 Å². The molecule has 0 atom stereocenters. The Hall–Kier alpha value is -0.610. The molecule has 0 radical (unpaired) electrons. The van der Waals surface area contributed by atoms with Crippen LogP contribution in [0.25, 0.3) is 0 Å². The Morgan fingerprint density at radius 2 is 2.23 bits per heavy atom. The van der Waals surface area contributed by atoms with Gasteiger partial charge in [-0.15, -0.1) is 0 Å². The lowest BCUT2D eigenvalue weighted by molar-refractivity contribution is -0.138. The van der Waals surface area contributed by atoms with E-state index in [1.807, 2.05) is 0 Å². The van der Waals surface area contributed by atoms with E-state index in [1.165, 1.54) is 0 Å². The lowest BCUT2D eigenvalue weighted by atomic mass is 10.1. The van der Waals surface area contributed by atoms with Gasteiger partial charge in [-0.2, -0.15) is 0 Å². The Morgan fingerprint density at radius 3 is 2.54 bits per heavy atom. The molecule has 1 rings (SSSR count). The average Bonchev–Trinajstić information content (AvgIpc) is 1.92. The predicted molar refractivity (Wildman–Crippen MR) is 48.7 cm³/mol. The van der Waals surface area contributed by atoms with Crippen molar-refractivity contribution in [2.45, 2.75) is 32.4 Å². The zero-order chi connectivity index (χ0) is 9.84. The van der Waals surface area contributed by atoms with E-state index in [0.29, 0.717) is 18.6 Å². The summed E-state index contributed by atoms with van der Waals surface area (Å²) < 4.78 is 5.08. The van der Waals surface area contributed by atoms with Crippen molar-refractivity contribution in [2.75, 3.05) is 19.8 Å². The van der Waals surface area contributed by atoms with Crippen LogP contribution in [0.15, 0.2) is 0 Å². The Bertz CT molecular complexity index is 178. The quantitative estimate of drug-likeness (QED) is 0.683. The summed E-state index contributed by atoms with van der Waals surface area (Å²) in [6.07, 6.45) is 0.217. The van der Waals surface area contributed by atoms with Crippen LogP contribution in [0, 0.1) is 0 Å². The standard InChI is InChI=1S/C9H17NO3/c1-7(2)10(4-3-9(11)12)8-5-13-6-8/h7-8H,3-6H2,1-2H3,(H,11,12). The van der Waals surface area contributed by atoms with Gasteiger partial charge in [0.05, 0.1) is 25.7 Å². The van der Waals surface area contributed by atoms with Crippen LogP contribution >= 0.6 is 0 Å². The van der Waals surface area contributed by atoms with Crippen molar-refractivity contribution in [3.05, 3.63) is 0 Å². The largest absolute Gasteiger partial charge is 0.481 e. The lowest BCUT2D eigenvalue weighted by Crippen LogP contribution is -2.52. The van der Waals surface area contributed by atoms with Gasteiger partial charge in [0, 0.05) is 12.6 Å². The molecule has 1 aliphatic rings. The minimum absolute atomic E-state index is 0.217. The van der Waals surface area contributed by atoms with Crippen molar-refractivity contribution < 1.29 is 14.6 Å². The average molecular weight is 187 g/mol. The van der Waals surface area contributed by atoms with E-state index in [0.717, 1.165) is 13.2 Å². The number of carbonyl (C=O) groups is 1. The molecule has 0 saturated carbocycles. The Kier molecular flexibility index (Phi) is 3.69. The normalized spacial score (nSPS) is 17.8. The molecule has 13 heavy (non-hydrogen) atoms. The van der Waals surface area contributed by atoms with Crippen molar-refractivity contribution in [3.63, 3.8) is 0 Å². The highest BCUT2D eigenvalue weighted by Gasteiger charge is 2.27. The monoisotopic (exact) mass is 187 g/mol. The predicted octanol–water partition coefficient (Wildman–Crippen LogP) is 0.570. The third kappa shape index (κ3) is 2.97. The second-order valence-electron chi connectivity index (χ2n) is 3.67. The van der Waals surface area contributed by atoms with Crippen molar-refractivity contribution in [1.29, 1.82) is 0 Å². The summed E-state index contributed by atoms with van der Waals surface area (Å²) in [5.74, 6) is -0.731. The zero-order valence-electron chi connectivity index (χ0n) is 8.19. The smallest absolute Gasteiger partial charge is 0.304 e. The number of hydrogen-bond donors (Lipinski definition) is 1. The minimum Gasteiger partial charge on any atom is -0.481 e. The molecular formula is C9H17NO3. The van der Waals surface area contributed by atoms with Gasteiger partial charge in [0.2, 0.25) is 0 Å². The number of carboxylic acid groups (broad SMARTS) is 1. The first-order chi connectivity index (χ1) is 6.11. The van der Waals surface area contributed by atoms with E-state index in [9.17, 15) is 4.79 Å². The fourth-order valence-corrected chi connectivity index (χ4v) is 1.50. The molecule has 0 aromatic rings. The van der Waals surface area contributed by atoms with Gasteiger partial charge in [0.25, 0.3) is 0 Å². The Balaban J connectivity index is 2.33. The van der Waals surface area contributed by atoms with Gasteiger partial charge >= 0.3 is 5.97 Å². The van der Waals surface area contributed by atoms with Crippen LogP contribution in [0.3, 0.4) is 0 Å². The second-order valence-corrected chi connectivity index (χ2v) is 3.67. The number of aliphatic carboxylic acids is 1. The molecule has 0 amide bonds. The summed E-state index contributed by atoms with van der Waals surface area (Å²) in [5.41, 5.74) is 0. The molecule has 0 aromatic heterocycles. The molecule has 0 aromatic carbocycles. The SMILES string of the molecule is CC(C)N(CCC(=O)O)C1COC1. The molecule has 0 spiro atoms. The molecule has 4 heteroatoms. The van der Waals surface area contributed by atoms with Crippen molar-refractivity contribution in [1.82, 2.24) is 4.90 Å². The third-order valence-corrected chi connectivity index (χ3v) is 2.34. The van der Waals surface area contributed by atoms with Gasteiger partial charge in [-0.05, 0) is 13.8 Å². The van der Waals surface area contributed by atoms with E-state index in [4.69, 9.17) is 9.84 Å². The van der Waals surface area contributed by atoms with E-state index < -0.39 is 5.97 Å². The van der Waals surface area contributed by atoms with Crippen LogP contribution in [0.5, 0.6) is 0 Å². The maximum Gasteiger partial charge on any atom is 0.304 e. The summed E-state index contributed by atoms with van der Waals surface area (Å²) in [5, 5.41) is 8.56. The summed E-state index contributed by atoms with van der Waals surface area (Å²) in [6, 6.07) is 0.826. The molecule has 1 fully saturated rings. The second kappa shape index (κ2) is 4.58. The highest BCUT2D eigenvalue weighted by molar-refractivity contribution is 5.66. The van der Waals surface area contributed by atoms with Crippen LogP contribution in [-0.2, 0) is 9.53 Å². The number of ether oxygens (including phenoxy) is 1. The summed E-state index contributed by atoms with van der Waals surface area (Å²) in [7, 11) is 0. The minimum atomic E-state index is -0.731. The van der Waals surface area contributed by atoms with Gasteiger partial charge in [-0.1, -0.05) is 0 Å². The van der Waals surface area contributed by atoms with Crippen LogP contribution in [0.4, 0.5) is 0 Å². The fourth-order valence-electron chi connectivity index (χ4n) is 1.50. The Morgan fingerprint density at radius 1 is 1.62 bits per heavy atom. The van der Waals surface area contributed by atoms with E-state index >= 15 is 0 Å². The summed E-state index contributed by atoms with van der Waals surface area (Å²) >= 11 is 0. The molecule has 0 bridgehead atoms. The molecule has 1 N–H and O–H groups in total. The molecule has 1 saturated heterocycles. The van der Waals surface area contributed by atoms with Crippen LogP contribution in [-0.4, -0.2) is 47.8 Å². The zero-order valence-corrected chi connectivity index (χ0v) is 8.19. The summed E-state index contributed by atoms with van der Waals surface area (Å²) in [4.78, 5) is 12.6. The van der Waals surface area contributed by atoms with E-state index in [1.54, 1.807) is 0 Å². The van der Waals surface area contributed by atoms with Crippen molar-refractivity contribution in [2.24, 2.45) is 0 Å². The number of carboxylic acids is 1. The molecular weight excluding hydrogens is 170 g/mol. The van der Waals surface area contributed by atoms with Crippen LogP contribution in [0.1, 0.15) is 20.3 Å². The van der Waals surface area contributed by atoms with Gasteiger partial charge < -0.3 is 9.84 Å². The molecule has 0 aliphatic carbocycles. The number of rotatable bonds is 5. The molecule has 4 nitrogen and oxygen atoms in total. The highest BCUT2D eigenvalue weighted by Crippen LogP contribution is 2.14. The van der Waals surface area contributed by atoms with E-state index in [2.05, 4.69) is 18.7 Å².